The third-order valence-electron chi connectivity index (χ3n) is 4.50. The highest BCUT2D eigenvalue weighted by Gasteiger charge is 2.27. The van der Waals surface area contributed by atoms with Crippen molar-refractivity contribution in [1.82, 2.24) is 14.5 Å². The first-order valence-electron chi connectivity index (χ1n) is 8.76. The molecule has 140 valence electrons. The summed E-state index contributed by atoms with van der Waals surface area (Å²) in [7, 11) is 0. The summed E-state index contributed by atoms with van der Waals surface area (Å²) >= 11 is 2.75. The van der Waals surface area contributed by atoms with Gasteiger partial charge in [0.25, 0.3) is 5.56 Å². The zero-order valence-electron chi connectivity index (χ0n) is 15.5. The minimum atomic E-state index is -0.207. The standard InChI is InChI=1S/C18H23N3O3S2/c1-10(2)8-21-17(24)15-11(3)12(4)26-16(15)19-18(21)25-9-14(23)20-7-5-6-13(20)22/h10H,5-9H2,1-4H3. The van der Waals surface area contributed by atoms with E-state index in [9.17, 15) is 14.4 Å². The largest absolute Gasteiger partial charge is 0.287 e. The van der Waals surface area contributed by atoms with Crippen molar-refractivity contribution < 1.29 is 9.59 Å². The predicted octanol–water partition coefficient (Wildman–Crippen LogP) is 2.97. The van der Waals surface area contributed by atoms with E-state index in [-0.39, 0.29) is 29.0 Å². The molecule has 0 aliphatic carbocycles. The molecule has 1 saturated heterocycles. The highest BCUT2D eigenvalue weighted by Crippen LogP contribution is 2.29. The molecular formula is C18H23N3O3S2. The second-order valence-electron chi connectivity index (χ2n) is 7.00. The van der Waals surface area contributed by atoms with Crippen LogP contribution in [0.4, 0.5) is 0 Å². The molecule has 1 aliphatic heterocycles. The van der Waals surface area contributed by atoms with Crippen LogP contribution in [0.3, 0.4) is 0 Å². The SMILES string of the molecule is Cc1sc2nc(SCC(=O)N3CCCC3=O)n(CC(C)C)c(=O)c2c1C. The van der Waals surface area contributed by atoms with Gasteiger partial charge in [0, 0.05) is 24.4 Å². The monoisotopic (exact) mass is 393 g/mol. The summed E-state index contributed by atoms with van der Waals surface area (Å²) < 4.78 is 1.68. The molecule has 2 aromatic rings. The summed E-state index contributed by atoms with van der Waals surface area (Å²) in [5.74, 6) is 0.0808. The summed E-state index contributed by atoms with van der Waals surface area (Å²) in [6.45, 7) is 9.08. The zero-order valence-corrected chi connectivity index (χ0v) is 17.1. The number of hydrogen-bond acceptors (Lipinski definition) is 6. The van der Waals surface area contributed by atoms with E-state index in [1.165, 1.54) is 28.0 Å². The van der Waals surface area contributed by atoms with Gasteiger partial charge in [-0.05, 0) is 31.7 Å². The van der Waals surface area contributed by atoms with Crippen LogP contribution in [0.25, 0.3) is 10.2 Å². The third kappa shape index (κ3) is 3.57. The first-order chi connectivity index (χ1) is 12.3. The first kappa shape index (κ1) is 19.1. The molecule has 0 unspecified atom stereocenters. The summed E-state index contributed by atoms with van der Waals surface area (Å²) in [5, 5.41) is 1.23. The normalized spacial score (nSPS) is 14.8. The lowest BCUT2D eigenvalue weighted by Gasteiger charge is -2.16. The average Bonchev–Trinajstić information content (AvgIpc) is 3.12. The number of fused-ring (bicyclic) bond motifs is 1. The maximum Gasteiger partial charge on any atom is 0.263 e. The second-order valence-corrected chi connectivity index (χ2v) is 9.14. The van der Waals surface area contributed by atoms with Gasteiger partial charge in [0.15, 0.2) is 5.16 Å². The fourth-order valence-electron chi connectivity index (χ4n) is 3.06. The Labute approximate surface area is 160 Å². The van der Waals surface area contributed by atoms with Crippen molar-refractivity contribution in [3.63, 3.8) is 0 Å². The Balaban J connectivity index is 1.94. The number of thioether (sulfide) groups is 1. The Morgan fingerprint density at radius 2 is 2.04 bits per heavy atom. The van der Waals surface area contributed by atoms with Crippen LogP contribution in [0, 0.1) is 19.8 Å². The quantitative estimate of drug-likeness (QED) is 0.577. The van der Waals surface area contributed by atoms with Crippen LogP contribution in [0.5, 0.6) is 0 Å². The van der Waals surface area contributed by atoms with Gasteiger partial charge in [-0.15, -0.1) is 11.3 Å². The second kappa shape index (κ2) is 7.52. The van der Waals surface area contributed by atoms with Gasteiger partial charge >= 0.3 is 0 Å². The highest BCUT2D eigenvalue weighted by atomic mass is 32.2. The number of carbonyl (C=O) groups is 2. The molecule has 0 radical (unpaired) electrons. The third-order valence-corrected chi connectivity index (χ3v) is 6.56. The van der Waals surface area contributed by atoms with Crippen LogP contribution in [0.15, 0.2) is 9.95 Å². The molecule has 6 nitrogen and oxygen atoms in total. The fraction of sp³-hybridized carbons (Fsp3) is 0.556. The molecule has 1 aliphatic rings. The van der Waals surface area contributed by atoms with Gasteiger partial charge in [0.05, 0.1) is 11.1 Å². The topological polar surface area (TPSA) is 72.3 Å². The summed E-state index contributed by atoms with van der Waals surface area (Å²) in [6, 6.07) is 0. The number of aromatic nitrogens is 2. The van der Waals surface area contributed by atoms with E-state index in [0.29, 0.717) is 30.1 Å². The van der Waals surface area contributed by atoms with Gasteiger partial charge in [-0.25, -0.2) is 4.98 Å². The zero-order chi connectivity index (χ0) is 19.0. The number of thiophene rings is 1. The number of rotatable bonds is 5. The molecule has 2 amide bonds. The van der Waals surface area contributed by atoms with Crippen LogP contribution in [0.1, 0.15) is 37.1 Å². The van der Waals surface area contributed by atoms with Crippen LogP contribution < -0.4 is 5.56 Å². The molecular weight excluding hydrogens is 370 g/mol. The Morgan fingerprint density at radius 1 is 1.31 bits per heavy atom. The van der Waals surface area contributed by atoms with Gasteiger partial charge in [0.1, 0.15) is 4.83 Å². The summed E-state index contributed by atoms with van der Waals surface area (Å²) in [4.78, 5) is 44.9. The molecule has 0 aromatic carbocycles. The number of nitrogens with zero attached hydrogens (tertiary/aromatic N) is 3. The van der Waals surface area contributed by atoms with Gasteiger partial charge in [0.2, 0.25) is 11.8 Å². The van der Waals surface area contributed by atoms with Crippen LogP contribution in [0.2, 0.25) is 0 Å². The number of likely N-dealkylation sites (tertiary alicyclic amines) is 1. The molecule has 8 heteroatoms. The maximum atomic E-state index is 13.0. The summed E-state index contributed by atoms with van der Waals surface area (Å²) in [5.41, 5.74) is 0.938. The molecule has 0 saturated carbocycles. The predicted molar refractivity (Wildman–Crippen MR) is 105 cm³/mol. The smallest absolute Gasteiger partial charge is 0.263 e. The van der Waals surface area contributed by atoms with E-state index in [2.05, 4.69) is 4.98 Å². The number of aryl methyl sites for hydroxylation is 2. The van der Waals surface area contributed by atoms with Crippen molar-refractivity contribution >= 4 is 45.1 Å². The van der Waals surface area contributed by atoms with Crippen molar-refractivity contribution in [1.29, 1.82) is 0 Å². The van der Waals surface area contributed by atoms with E-state index in [1.807, 2.05) is 27.7 Å². The van der Waals surface area contributed by atoms with E-state index in [4.69, 9.17) is 0 Å². The Kier molecular flexibility index (Phi) is 5.53. The van der Waals surface area contributed by atoms with E-state index in [0.717, 1.165) is 21.7 Å². The average molecular weight is 394 g/mol. The van der Waals surface area contributed by atoms with Crippen molar-refractivity contribution in [2.24, 2.45) is 5.92 Å². The van der Waals surface area contributed by atoms with E-state index >= 15 is 0 Å². The van der Waals surface area contributed by atoms with Gasteiger partial charge in [-0.2, -0.15) is 0 Å². The molecule has 0 N–H and O–H groups in total. The van der Waals surface area contributed by atoms with E-state index in [1.54, 1.807) is 4.57 Å². The molecule has 1 fully saturated rings. The van der Waals surface area contributed by atoms with Gasteiger partial charge in [-0.3, -0.25) is 23.9 Å². The van der Waals surface area contributed by atoms with Crippen LogP contribution in [-0.2, 0) is 16.1 Å². The minimum Gasteiger partial charge on any atom is -0.287 e. The van der Waals surface area contributed by atoms with Gasteiger partial charge < -0.3 is 0 Å². The molecule has 3 rings (SSSR count). The van der Waals surface area contributed by atoms with E-state index < -0.39 is 0 Å². The summed E-state index contributed by atoms with van der Waals surface area (Å²) in [6.07, 6.45) is 1.16. The van der Waals surface area contributed by atoms with Crippen LogP contribution in [-0.4, -0.2) is 38.6 Å². The lowest BCUT2D eigenvalue weighted by molar-refractivity contribution is -0.140. The lowest BCUT2D eigenvalue weighted by atomic mass is 10.2. The maximum absolute atomic E-state index is 13.0. The van der Waals surface area contributed by atoms with Crippen molar-refractivity contribution in [3.05, 3.63) is 20.8 Å². The number of imide groups is 1. The molecule has 0 atom stereocenters. The molecule has 2 aromatic heterocycles. The minimum absolute atomic E-state index is 0.0438. The molecule has 26 heavy (non-hydrogen) atoms. The fourth-order valence-corrected chi connectivity index (χ4v) is 5.02. The van der Waals surface area contributed by atoms with Crippen molar-refractivity contribution in [3.8, 4) is 0 Å². The number of hydrogen-bond donors (Lipinski definition) is 0. The van der Waals surface area contributed by atoms with Crippen molar-refractivity contribution in [2.75, 3.05) is 12.3 Å². The van der Waals surface area contributed by atoms with Crippen LogP contribution >= 0.6 is 23.1 Å². The number of carbonyl (C=O) groups excluding carboxylic acids is 2. The lowest BCUT2D eigenvalue weighted by Crippen LogP contribution is -2.33. The van der Waals surface area contributed by atoms with Crippen molar-refractivity contribution in [2.45, 2.75) is 52.2 Å². The Bertz CT molecular complexity index is 930. The van der Waals surface area contributed by atoms with Gasteiger partial charge in [-0.1, -0.05) is 25.6 Å². The first-order valence-corrected chi connectivity index (χ1v) is 10.6. The Morgan fingerprint density at radius 3 is 2.65 bits per heavy atom. The molecule has 0 bridgehead atoms. The number of amides is 2. The Hall–Kier alpha value is -1.67. The highest BCUT2D eigenvalue weighted by molar-refractivity contribution is 7.99. The molecule has 3 heterocycles. The molecule has 0 spiro atoms.